The van der Waals surface area contributed by atoms with Gasteiger partial charge in [0, 0.05) is 18.7 Å². The van der Waals surface area contributed by atoms with E-state index in [2.05, 4.69) is 4.90 Å². The van der Waals surface area contributed by atoms with Crippen LogP contribution in [0, 0.1) is 0 Å². The molecule has 2 N–H and O–H groups in total. The van der Waals surface area contributed by atoms with Crippen LogP contribution in [0.2, 0.25) is 0 Å². The van der Waals surface area contributed by atoms with Gasteiger partial charge in [0.2, 0.25) is 0 Å². The average molecular weight is 260 g/mol. The van der Waals surface area contributed by atoms with Crippen LogP contribution >= 0.6 is 0 Å². The lowest BCUT2D eigenvalue weighted by atomic mass is 10.2. The molecule has 0 fully saturated rings. The summed E-state index contributed by atoms with van der Waals surface area (Å²) in [6, 6.07) is 11.7. The lowest BCUT2D eigenvalue weighted by Crippen LogP contribution is -2.23. The van der Waals surface area contributed by atoms with Crippen molar-refractivity contribution >= 4 is 0 Å². The van der Waals surface area contributed by atoms with E-state index >= 15 is 0 Å². The minimum absolute atomic E-state index is 0.498. The van der Waals surface area contributed by atoms with Gasteiger partial charge in [0.25, 0.3) is 0 Å². The summed E-state index contributed by atoms with van der Waals surface area (Å²) in [5.74, 6) is 1.83. The lowest BCUT2D eigenvalue weighted by molar-refractivity contribution is 0.221. The van der Waals surface area contributed by atoms with Gasteiger partial charge in [-0.1, -0.05) is 18.2 Å². The molecule has 0 saturated heterocycles. The second kappa shape index (κ2) is 6.97. The molecule has 0 aliphatic heterocycles. The molecule has 0 aliphatic carbocycles. The van der Waals surface area contributed by atoms with Gasteiger partial charge in [0.1, 0.15) is 18.1 Å². The first-order valence-electron chi connectivity index (χ1n) is 6.41. The molecule has 0 spiro atoms. The second-order valence-electron chi connectivity index (χ2n) is 4.48. The van der Waals surface area contributed by atoms with E-state index in [0.717, 1.165) is 30.2 Å². The zero-order valence-electron chi connectivity index (χ0n) is 11.2. The zero-order chi connectivity index (χ0) is 13.5. The number of furan rings is 1. The number of ether oxygens (including phenoxy) is 1. The molecule has 0 unspecified atom stereocenters. The molecule has 4 heteroatoms. The van der Waals surface area contributed by atoms with Crippen LogP contribution in [-0.4, -0.2) is 25.1 Å². The molecule has 0 atom stereocenters. The van der Waals surface area contributed by atoms with E-state index < -0.39 is 0 Å². The summed E-state index contributed by atoms with van der Waals surface area (Å²) in [4.78, 5) is 2.16. The van der Waals surface area contributed by atoms with Crippen LogP contribution in [0.5, 0.6) is 5.75 Å². The molecule has 102 valence electrons. The number of para-hydroxylation sites is 1. The normalized spacial score (nSPS) is 10.9. The standard InChI is InChI=1S/C15H20N2O2/c1-17(12-14-6-4-9-18-14)8-10-19-15-7-3-2-5-13(15)11-16/h2-7,9H,8,10-12,16H2,1H3. The number of nitrogens with two attached hydrogens (primary N) is 1. The van der Waals surface area contributed by atoms with Crippen LogP contribution in [0.4, 0.5) is 0 Å². The van der Waals surface area contributed by atoms with Crippen LogP contribution in [0.3, 0.4) is 0 Å². The van der Waals surface area contributed by atoms with Crippen LogP contribution in [0.15, 0.2) is 47.1 Å². The Kier molecular flexibility index (Phi) is 5.01. The maximum atomic E-state index is 5.77. The molecule has 1 heterocycles. The van der Waals surface area contributed by atoms with E-state index in [1.165, 1.54) is 0 Å². The quantitative estimate of drug-likeness (QED) is 0.829. The molecule has 0 aliphatic rings. The molecular formula is C15H20N2O2. The van der Waals surface area contributed by atoms with Crippen LogP contribution in [0.25, 0.3) is 0 Å². The minimum atomic E-state index is 0.498. The summed E-state index contributed by atoms with van der Waals surface area (Å²) in [7, 11) is 2.04. The summed E-state index contributed by atoms with van der Waals surface area (Å²) in [5.41, 5.74) is 6.71. The van der Waals surface area contributed by atoms with Crippen molar-refractivity contribution < 1.29 is 9.15 Å². The third kappa shape index (κ3) is 4.12. The zero-order valence-corrected chi connectivity index (χ0v) is 11.2. The number of likely N-dealkylation sites (N-methyl/N-ethyl adjacent to an activating group) is 1. The summed E-state index contributed by atoms with van der Waals surface area (Å²) < 4.78 is 11.1. The van der Waals surface area contributed by atoms with E-state index in [9.17, 15) is 0 Å². The Bertz CT molecular complexity index is 483. The van der Waals surface area contributed by atoms with Crippen LogP contribution in [0.1, 0.15) is 11.3 Å². The number of benzene rings is 1. The Morgan fingerprint density at radius 1 is 1.21 bits per heavy atom. The van der Waals surface area contributed by atoms with Crippen molar-refractivity contribution in [3.05, 3.63) is 54.0 Å². The Balaban J connectivity index is 1.76. The molecule has 1 aromatic heterocycles. The van der Waals surface area contributed by atoms with E-state index in [1.807, 2.05) is 43.4 Å². The lowest BCUT2D eigenvalue weighted by Gasteiger charge is -2.16. The molecule has 0 saturated carbocycles. The first-order chi connectivity index (χ1) is 9.29. The highest BCUT2D eigenvalue weighted by Gasteiger charge is 2.04. The fraction of sp³-hybridized carbons (Fsp3) is 0.333. The van der Waals surface area contributed by atoms with Crippen molar-refractivity contribution in [2.24, 2.45) is 5.73 Å². The van der Waals surface area contributed by atoms with Crippen molar-refractivity contribution in [1.82, 2.24) is 4.90 Å². The minimum Gasteiger partial charge on any atom is -0.492 e. The van der Waals surface area contributed by atoms with Gasteiger partial charge in [-0.3, -0.25) is 4.90 Å². The van der Waals surface area contributed by atoms with Crippen LogP contribution in [-0.2, 0) is 13.1 Å². The largest absolute Gasteiger partial charge is 0.492 e. The number of rotatable bonds is 7. The van der Waals surface area contributed by atoms with E-state index in [-0.39, 0.29) is 0 Å². The first kappa shape index (κ1) is 13.6. The first-order valence-corrected chi connectivity index (χ1v) is 6.41. The molecule has 2 rings (SSSR count). The van der Waals surface area contributed by atoms with Crippen molar-refractivity contribution in [2.45, 2.75) is 13.1 Å². The summed E-state index contributed by atoms with van der Waals surface area (Å²) in [6.45, 7) is 2.75. The Morgan fingerprint density at radius 3 is 2.79 bits per heavy atom. The summed E-state index contributed by atoms with van der Waals surface area (Å²) in [5, 5.41) is 0. The summed E-state index contributed by atoms with van der Waals surface area (Å²) in [6.07, 6.45) is 1.69. The molecule has 0 radical (unpaired) electrons. The van der Waals surface area contributed by atoms with Gasteiger partial charge in [-0.15, -0.1) is 0 Å². The number of hydrogen-bond acceptors (Lipinski definition) is 4. The molecular weight excluding hydrogens is 240 g/mol. The maximum Gasteiger partial charge on any atom is 0.123 e. The molecule has 4 nitrogen and oxygen atoms in total. The smallest absolute Gasteiger partial charge is 0.123 e. The van der Waals surface area contributed by atoms with Gasteiger partial charge in [0.05, 0.1) is 12.8 Å². The van der Waals surface area contributed by atoms with Gasteiger partial charge in [-0.25, -0.2) is 0 Å². The van der Waals surface area contributed by atoms with Gasteiger partial charge >= 0.3 is 0 Å². The Hall–Kier alpha value is -1.78. The predicted molar refractivity (Wildman–Crippen MR) is 74.9 cm³/mol. The van der Waals surface area contributed by atoms with Crippen LogP contribution < -0.4 is 10.5 Å². The molecule has 1 aromatic carbocycles. The highest BCUT2D eigenvalue weighted by atomic mass is 16.5. The monoisotopic (exact) mass is 260 g/mol. The topological polar surface area (TPSA) is 51.6 Å². The number of nitrogens with zero attached hydrogens (tertiary/aromatic N) is 1. The fourth-order valence-corrected chi connectivity index (χ4v) is 1.87. The second-order valence-corrected chi connectivity index (χ2v) is 4.48. The molecule has 2 aromatic rings. The highest BCUT2D eigenvalue weighted by molar-refractivity contribution is 5.32. The Labute approximate surface area is 113 Å². The van der Waals surface area contributed by atoms with Crippen molar-refractivity contribution in [1.29, 1.82) is 0 Å². The van der Waals surface area contributed by atoms with Crippen molar-refractivity contribution in [2.75, 3.05) is 20.2 Å². The molecule has 0 amide bonds. The fourth-order valence-electron chi connectivity index (χ4n) is 1.87. The van der Waals surface area contributed by atoms with Crippen molar-refractivity contribution in [3.63, 3.8) is 0 Å². The van der Waals surface area contributed by atoms with E-state index in [0.29, 0.717) is 13.2 Å². The average Bonchev–Trinajstić information content (AvgIpc) is 2.92. The Morgan fingerprint density at radius 2 is 2.05 bits per heavy atom. The van der Waals surface area contributed by atoms with Crippen molar-refractivity contribution in [3.8, 4) is 5.75 Å². The maximum absolute atomic E-state index is 5.77. The van der Waals surface area contributed by atoms with Gasteiger partial charge in [-0.05, 0) is 25.2 Å². The van der Waals surface area contributed by atoms with E-state index in [4.69, 9.17) is 14.9 Å². The highest BCUT2D eigenvalue weighted by Crippen LogP contribution is 2.16. The predicted octanol–water partition coefficient (Wildman–Crippen LogP) is 2.25. The summed E-state index contributed by atoms with van der Waals surface area (Å²) >= 11 is 0. The SMILES string of the molecule is CN(CCOc1ccccc1CN)Cc1ccco1. The van der Waals surface area contributed by atoms with Gasteiger partial charge in [-0.2, -0.15) is 0 Å². The number of hydrogen-bond donors (Lipinski definition) is 1. The van der Waals surface area contributed by atoms with Gasteiger partial charge in [0.15, 0.2) is 0 Å². The van der Waals surface area contributed by atoms with Gasteiger partial charge < -0.3 is 14.9 Å². The van der Waals surface area contributed by atoms with E-state index in [1.54, 1.807) is 6.26 Å². The molecule has 0 bridgehead atoms. The third-order valence-corrected chi connectivity index (χ3v) is 2.93. The third-order valence-electron chi connectivity index (χ3n) is 2.93. The molecule has 19 heavy (non-hydrogen) atoms.